The Morgan fingerprint density at radius 2 is 2.33 bits per heavy atom. The Kier molecular flexibility index (Phi) is 2.05. The van der Waals surface area contributed by atoms with Crippen molar-refractivity contribution in [3.05, 3.63) is 0 Å². The van der Waals surface area contributed by atoms with Gasteiger partial charge in [-0.3, -0.25) is 0 Å². The van der Waals surface area contributed by atoms with Crippen molar-refractivity contribution >= 4 is 0 Å². The Balaban J connectivity index is 2.41. The highest BCUT2D eigenvalue weighted by Crippen LogP contribution is 2.11. The number of ether oxygens (including phenoxy) is 1. The molecule has 0 amide bonds. The third-order valence-electron chi connectivity index (χ3n) is 1.75. The molecule has 3 atom stereocenters. The normalized spacial score (nSPS) is 45.0. The highest BCUT2D eigenvalue weighted by molar-refractivity contribution is 4.80. The summed E-state index contributed by atoms with van der Waals surface area (Å²) >= 11 is 0. The minimum absolute atomic E-state index is 0.0891. The van der Waals surface area contributed by atoms with E-state index in [1.54, 1.807) is 0 Å². The van der Waals surface area contributed by atoms with E-state index in [0.717, 1.165) is 6.42 Å². The van der Waals surface area contributed by atoms with E-state index in [1.807, 2.05) is 6.92 Å². The van der Waals surface area contributed by atoms with Crippen LogP contribution in [0.1, 0.15) is 13.3 Å². The van der Waals surface area contributed by atoms with Gasteiger partial charge < -0.3 is 15.6 Å². The molecule has 3 nitrogen and oxygen atoms in total. The fraction of sp³-hybridized carbons (Fsp3) is 1.00. The van der Waals surface area contributed by atoms with Crippen molar-refractivity contribution in [3.63, 3.8) is 0 Å². The zero-order chi connectivity index (χ0) is 6.85. The SMILES string of the molecule is C[C@@H]1OCCC(N)[C@@H]1O. The predicted molar refractivity (Wildman–Crippen MR) is 34.0 cm³/mol. The summed E-state index contributed by atoms with van der Waals surface area (Å²) in [4.78, 5) is 0. The highest BCUT2D eigenvalue weighted by Gasteiger charge is 2.26. The summed E-state index contributed by atoms with van der Waals surface area (Å²) in [6, 6.07) is -0.0891. The fourth-order valence-electron chi connectivity index (χ4n) is 1.01. The summed E-state index contributed by atoms with van der Waals surface area (Å²) in [5.74, 6) is 0. The van der Waals surface area contributed by atoms with Crippen LogP contribution in [0.3, 0.4) is 0 Å². The lowest BCUT2D eigenvalue weighted by Gasteiger charge is -2.30. The number of rotatable bonds is 0. The summed E-state index contributed by atoms with van der Waals surface area (Å²) in [7, 11) is 0. The van der Waals surface area contributed by atoms with Gasteiger partial charge in [-0.2, -0.15) is 0 Å². The van der Waals surface area contributed by atoms with Gasteiger partial charge in [-0.15, -0.1) is 0 Å². The first-order valence-corrected chi connectivity index (χ1v) is 3.27. The van der Waals surface area contributed by atoms with Crippen molar-refractivity contribution < 1.29 is 9.84 Å². The first-order chi connectivity index (χ1) is 4.22. The predicted octanol–water partition coefficient (Wildman–Crippen LogP) is -0.517. The second-order valence-electron chi connectivity index (χ2n) is 2.52. The summed E-state index contributed by atoms with van der Waals surface area (Å²) in [5.41, 5.74) is 5.54. The number of hydrogen-bond acceptors (Lipinski definition) is 3. The smallest absolute Gasteiger partial charge is 0.0950 e. The van der Waals surface area contributed by atoms with Gasteiger partial charge in [-0.25, -0.2) is 0 Å². The molecule has 3 N–H and O–H groups in total. The van der Waals surface area contributed by atoms with Crippen molar-refractivity contribution in [1.82, 2.24) is 0 Å². The summed E-state index contributed by atoms with van der Waals surface area (Å²) in [5, 5.41) is 9.20. The topological polar surface area (TPSA) is 55.5 Å². The third-order valence-corrected chi connectivity index (χ3v) is 1.75. The number of aliphatic hydroxyl groups is 1. The highest BCUT2D eigenvalue weighted by atomic mass is 16.5. The number of aliphatic hydroxyl groups excluding tert-OH is 1. The zero-order valence-corrected chi connectivity index (χ0v) is 5.58. The molecule has 0 aromatic carbocycles. The van der Waals surface area contributed by atoms with Crippen LogP contribution in [0.15, 0.2) is 0 Å². The molecule has 0 spiro atoms. The molecule has 1 aliphatic rings. The van der Waals surface area contributed by atoms with Gasteiger partial charge >= 0.3 is 0 Å². The molecule has 0 aromatic heterocycles. The van der Waals surface area contributed by atoms with Gasteiger partial charge in [0.2, 0.25) is 0 Å². The third kappa shape index (κ3) is 1.41. The van der Waals surface area contributed by atoms with E-state index in [1.165, 1.54) is 0 Å². The number of nitrogens with two attached hydrogens (primary N) is 1. The van der Waals surface area contributed by atoms with Crippen LogP contribution in [0, 0.1) is 0 Å². The lowest BCUT2D eigenvalue weighted by atomic mass is 10.0. The van der Waals surface area contributed by atoms with E-state index in [-0.39, 0.29) is 12.1 Å². The average molecular weight is 131 g/mol. The van der Waals surface area contributed by atoms with Gasteiger partial charge in [0.15, 0.2) is 0 Å². The molecule has 9 heavy (non-hydrogen) atoms. The van der Waals surface area contributed by atoms with Crippen LogP contribution < -0.4 is 5.73 Å². The van der Waals surface area contributed by atoms with Crippen LogP contribution >= 0.6 is 0 Å². The average Bonchev–Trinajstić information content (AvgIpc) is 1.83. The molecule has 0 aromatic rings. The van der Waals surface area contributed by atoms with Crippen molar-refractivity contribution in [2.24, 2.45) is 5.73 Å². The summed E-state index contributed by atoms with van der Waals surface area (Å²) in [6.45, 7) is 2.52. The summed E-state index contributed by atoms with van der Waals surface area (Å²) in [6.07, 6.45) is 0.207. The Morgan fingerprint density at radius 3 is 2.78 bits per heavy atom. The van der Waals surface area contributed by atoms with E-state index < -0.39 is 6.10 Å². The first-order valence-electron chi connectivity index (χ1n) is 3.27. The molecule has 0 radical (unpaired) electrons. The molecule has 1 heterocycles. The Morgan fingerprint density at radius 1 is 1.67 bits per heavy atom. The Bertz CT molecular complexity index is 87.1. The van der Waals surface area contributed by atoms with Gasteiger partial charge in [-0.05, 0) is 13.3 Å². The largest absolute Gasteiger partial charge is 0.389 e. The van der Waals surface area contributed by atoms with Gasteiger partial charge in [-0.1, -0.05) is 0 Å². The molecule has 1 unspecified atom stereocenters. The Labute approximate surface area is 54.8 Å². The molecule has 1 rings (SSSR count). The standard InChI is InChI=1S/C6H13NO2/c1-4-6(8)5(7)2-3-9-4/h4-6,8H,2-3,7H2,1H3/t4-,5?,6+/m0/s1. The molecule has 1 fully saturated rings. The zero-order valence-electron chi connectivity index (χ0n) is 5.58. The molecule has 54 valence electrons. The molecule has 1 aliphatic heterocycles. The Hall–Kier alpha value is -0.120. The van der Waals surface area contributed by atoms with E-state index in [4.69, 9.17) is 10.5 Å². The van der Waals surface area contributed by atoms with Crippen LogP contribution in [0.2, 0.25) is 0 Å². The summed E-state index contributed by atoms with van der Waals surface area (Å²) < 4.78 is 5.13. The minimum Gasteiger partial charge on any atom is -0.389 e. The monoisotopic (exact) mass is 131 g/mol. The second-order valence-corrected chi connectivity index (χ2v) is 2.52. The van der Waals surface area contributed by atoms with E-state index in [0.29, 0.717) is 6.61 Å². The molecular formula is C6H13NO2. The molecule has 1 saturated heterocycles. The van der Waals surface area contributed by atoms with Crippen LogP contribution in [-0.4, -0.2) is 30.0 Å². The quantitative estimate of drug-likeness (QED) is 0.465. The first kappa shape index (κ1) is 6.99. The molecule has 3 heteroatoms. The van der Waals surface area contributed by atoms with Crippen molar-refractivity contribution in [2.75, 3.05) is 6.61 Å². The van der Waals surface area contributed by atoms with Gasteiger partial charge in [0, 0.05) is 12.6 Å². The minimum atomic E-state index is -0.473. The van der Waals surface area contributed by atoms with Crippen LogP contribution in [-0.2, 0) is 4.74 Å². The maximum atomic E-state index is 9.20. The van der Waals surface area contributed by atoms with Gasteiger partial charge in [0.1, 0.15) is 0 Å². The lowest BCUT2D eigenvalue weighted by Crippen LogP contribution is -2.47. The molecular weight excluding hydrogens is 118 g/mol. The molecule has 0 saturated carbocycles. The van der Waals surface area contributed by atoms with Gasteiger partial charge in [0.25, 0.3) is 0 Å². The van der Waals surface area contributed by atoms with Crippen molar-refractivity contribution in [2.45, 2.75) is 31.6 Å². The molecule has 0 bridgehead atoms. The maximum Gasteiger partial charge on any atom is 0.0950 e. The van der Waals surface area contributed by atoms with E-state index >= 15 is 0 Å². The molecule has 0 aliphatic carbocycles. The van der Waals surface area contributed by atoms with E-state index in [2.05, 4.69) is 0 Å². The van der Waals surface area contributed by atoms with Crippen LogP contribution in [0.25, 0.3) is 0 Å². The van der Waals surface area contributed by atoms with Gasteiger partial charge in [0.05, 0.1) is 12.2 Å². The lowest BCUT2D eigenvalue weighted by molar-refractivity contribution is -0.0739. The van der Waals surface area contributed by atoms with Crippen LogP contribution in [0.4, 0.5) is 0 Å². The number of hydrogen-bond donors (Lipinski definition) is 2. The fourth-order valence-corrected chi connectivity index (χ4v) is 1.01. The van der Waals surface area contributed by atoms with E-state index in [9.17, 15) is 5.11 Å². The second kappa shape index (κ2) is 2.64. The maximum absolute atomic E-state index is 9.20. The van der Waals surface area contributed by atoms with Crippen LogP contribution in [0.5, 0.6) is 0 Å². The van der Waals surface area contributed by atoms with Crippen molar-refractivity contribution in [3.8, 4) is 0 Å². The van der Waals surface area contributed by atoms with Crippen molar-refractivity contribution in [1.29, 1.82) is 0 Å².